The van der Waals surface area contributed by atoms with Crippen molar-refractivity contribution in [2.75, 3.05) is 18.0 Å². The van der Waals surface area contributed by atoms with Crippen molar-refractivity contribution in [2.45, 2.75) is 39.0 Å². The molecule has 0 radical (unpaired) electrons. The van der Waals surface area contributed by atoms with Gasteiger partial charge in [0, 0.05) is 37.6 Å². The molecule has 1 saturated heterocycles. The summed E-state index contributed by atoms with van der Waals surface area (Å²) < 4.78 is 19.7. The molecule has 186 valence electrons. The third kappa shape index (κ3) is 3.92. The third-order valence-corrected chi connectivity index (χ3v) is 7.60. The van der Waals surface area contributed by atoms with E-state index in [0.717, 1.165) is 21.9 Å². The number of anilines is 1. The zero-order valence-electron chi connectivity index (χ0n) is 19.7. The molecule has 4 aromatic heterocycles. The third-order valence-electron chi connectivity index (χ3n) is 6.48. The summed E-state index contributed by atoms with van der Waals surface area (Å²) in [4.78, 5) is 39.9. The van der Waals surface area contributed by atoms with Gasteiger partial charge in [-0.15, -0.1) is 0 Å². The SMILES string of the molecule is CCn1c(=O)[nH]c(=O)c2c1nc(Cc1cn3cc(Cl)sc3n1)n2Cc1ccc(N2CC(C)(F)C2)cc1. The first-order valence-electron chi connectivity index (χ1n) is 11.6. The smallest absolute Gasteiger partial charge is 0.330 e. The van der Waals surface area contributed by atoms with Crippen LogP contribution in [-0.4, -0.2) is 47.2 Å². The van der Waals surface area contributed by atoms with Gasteiger partial charge in [-0.1, -0.05) is 35.1 Å². The van der Waals surface area contributed by atoms with Crippen molar-refractivity contribution in [1.29, 1.82) is 0 Å². The summed E-state index contributed by atoms with van der Waals surface area (Å²) in [7, 11) is 0. The first kappa shape index (κ1) is 23.0. The zero-order chi connectivity index (χ0) is 25.2. The predicted molar refractivity (Wildman–Crippen MR) is 138 cm³/mol. The molecule has 36 heavy (non-hydrogen) atoms. The van der Waals surface area contributed by atoms with Crippen molar-refractivity contribution in [2.24, 2.45) is 0 Å². The number of nitrogens with zero attached hydrogens (tertiary/aromatic N) is 6. The van der Waals surface area contributed by atoms with Crippen LogP contribution in [0.5, 0.6) is 0 Å². The van der Waals surface area contributed by atoms with Gasteiger partial charge < -0.3 is 9.47 Å². The van der Waals surface area contributed by atoms with Crippen LogP contribution in [0, 0.1) is 0 Å². The van der Waals surface area contributed by atoms with Gasteiger partial charge in [-0.3, -0.25) is 18.7 Å². The van der Waals surface area contributed by atoms with Crippen LogP contribution in [0.15, 0.2) is 46.2 Å². The molecule has 0 saturated carbocycles. The maximum absolute atomic E-state index is 13.9. The normalized spacial score (nSPS) is 15.2. The second-order valence-electron chi connectivity index (χ2n) is 9.36. The van der Waals surface area contributed by atoms with E-state index in [1.54, 1.807) is 13.1 Å². The highest BCUT2D eigenvalue weighted by Gasteiger charge is 2.38. The number of rotatable bonds is 6. The van der Waals surface area contributed by atoms with Crippen LogP contribution in [0.25, 0.3) is 16.1 Å². The number of aromatic nitrogens is 6. The molecule has 1 fully saturated rings. The van der Waals surface area contributed by atoms with E-state index in [9.17, 15) is 14.0 Å². The lowest BCUT2D eigenvalue weighted by atomic mass is 9.98. The van der Waals surface area contributed by atoms with Crippen molar-refractivity contribution in [1.82, 2.24) is 28.5 Å². The quantitative estimate of drug-likeness (QED) is 0.365. The van der Waals surface area contributed by atoms with Gasteiger partial charge in [-0.2, -0.15) is 0 Å². The number of fused-ring (bicyclic) bond motifs is 2. The van der Waals surface area contributed by atoms with Gasteiger partial charge in [0.1, 0.15) is 15.8 Å². The lowest BCUT2D eigenvalue weighted by Crippen LogP contribution is -2.57. The Morgan fingerprint density at radius 3 is 2.56 bits per heavy atom. The Morgan fingerprint density at radius 2 is 1.89 bits per heavy atom. The highest BCUT2D eigenvalue weighted by atomic mass is 35.5. The number of imidazole rings is 2. The standard InChI is InChI=1S/C24H23ClFN7O2S/c1-3-32-20-19(21(34)29-22(32)35)33(9-14-4-6-16(7-5-14)31-12-24(2,26)13-31)18(28-20)8-15-10-30-11-17(25)36-23(30)27-15/h4-7,10-11H,3,8-9,12-13H2,1-2H3,(H,29,34,35). The first-order chi connectivity index (χ1) is 17.2. The van der Waals surface area contributed by atoms with E-state index < -0.39 is 16.9 Å². The molecular formula is C24H23ClFN7O2S. The van der Waals surface area contributed by atoms with Crippen LogP contribution in [0.3, 0.4) is 0 Å². The molecule has 0 bridgehead atoms. The number of halogens is 2. The molecule has 12 heteroatoms. The van der Waals surface area contributed by atoms with Gasteiger partial charge in [-0.25, -0.2) is 19.2 Å². The second-order valence-corrected chi connectivity index (χ2v) is 11.0. The minimum absolute atomic E-state index is 0.343. The molecule has 0 aliphatic carbocycles. The Morgan fingerprint density at radius 1 is 1.14 bits per heavy atom. The number of benzene rings is 1. The van der Waals surface area contributed by atoms with E-state index in [2.05, 4.69) is 9.97 Å². The summed E-state index contributed by atoms with van der Waals surface area (Å²) in [5.41, 5.74) is 1.27. The molecule has 1 aromatic carbocycles. The second kappa shape index (κ2) is 8.31. The Balaban J connectivity index is 1.40. The molecule has 5 aromatic rings. The van der Waals surface area contributed by atoms with Crippen molar-refractivity contribution in [3.05, 3.63) is 78.9 Å². The zero-order valence-corrected chi connectivity index (χ0v) is 21.2. The van der Waals surface area contributed by atoms with Crippen LogP contribution in [-0.2, 0) is 19.5 Å². The van der Waals surface area contributed by atoms with Crippen LogP contribution in [0.4, 0.5) is 10.1 Å². The van der Waals surface area contributed by atoms with Gasteiger partial charge in [0.15, 0.2) is 16.1 Å². The van der Waals surface area contributed by atoms with Gasteiger partial charge in [-0.05, 0) is 31.5 Å². The van der Waals surface area contributed by atoms with Crippen LogP contribution in [0.1, 0.15) is 30.9 Å². The Labute approximate surface area is 213 Å². The summed E-state index contributed by atoms with van der Waals surface area (Å²) in [6.45, 7) is 4.95. The molecular weight excluding hydrogens is 505 g/mol. The van der Waals surface area contributed by atoms with Crippen LogP contribution in [0.2, 0.25) is 4.34 Å². The van der Waals surface area contributed by atoms with E-state index in [1.807, 2.05) is 51.3 Å². The van der Waals surface area contributed by atoms with E-state index >= 15 is 0 Å². The maximum Gasteiger partial charge on any atom is 0.330 e. The maximum atomic E-state index is 13.9. The van der Waals surface area contributed by atoms with Gasteiger partial charge >= 0.3 is 5.69 Å². The molecule has 5 heterocycles. The van der Waals surface area contributed by atoms with Gasteiger partial charge in [0.2, 0.25) is 0 Å². The summed E-state index contributed by atoms with van der Waals surface area (Å²) in [6, 6.07) is 7.86. The molecule has 0 spiro atoms. The minimum atomic E-state index is -1.15. The predicted octanol–water partition coefficient (Wildman–Crippen LogP) is 3.46. The van der Waals surface area contributed by atoms with Gasteiger partial charge in [0.05, 0.1) is 18.8 Å². The van der Waals surface area contributed by atoms with Crippen LogP contribution >= 0.6 is 22.9 Å². The molecule has 6 rings (SSSR count). The molecule has 1 aliphatic rings. The summed E-state index contributed by atoms with van der Waals surface area (Å²) in [5, 5.41) is 0. The number of alkyl halides is 1. The Bertz CT molecular complexity index is 1690. The number of H-pyrrole nitrogens is 1. The number of nitrogens with one attached hydrogen (secondary N) is 1. The number of aryl methyl sites for hydroxylation is 1. The topological polar surface area (TPSA) is 93.2 Å². The molecule has 0 unspecified atom stereocenters. The van der Waals surface area contributed by atoms with Crippen molar-refractivity contribution < 1.29 is 4.39 Å². The largest absolute Gasteiger partial charge is 0.365 e. The molecule has 0 amide bonds. The first-order valence-corrected chi connectivity index (χ1v) is 12.8. The lowest BCUT2D eigenvalue weighted by Gasteiger charge is -2.43. The fourth-order valence-corrected chi connectivity index (χ4v) is 5.83. The molecule has 0 atom stereocenters. The van der Waals surface area contributed by atoms with E-state index in [0.29, 0.717) is 53.9 Å². The molecule has 1 aliphatic heterocycles. The van der Waals surface area contributed by atoms with E-state index in [-0.39, 0.29) is 0 Å². The summed E-state index contributed by atoms with van der Waals surface area (Å²) >= 11 is 7.46. The lowest BCUT2D eigenvalue weighted by molar-refractivity contribution is 0.144. The highest BCUT2D eigenvalue weighted by Crippen LogP contribution is 2.30. The average Bonchev–Trinajstić information content (AvgIpc) is 3.44. The monoisotopic (exact) mass is 527 g/mol. The Hall–Kier alpha value is -3.44. The van der Waals surface area contributed by atoms with Gasteiger partial charge in [0.25, 0.3) is 5.56 Å². The summed E-state index contributed by atoms with van der Waals surface area (Å²) in [5.74, 6) is 0.625. The van der Waals surface area contributed by atoms with E-state index in [1.165, 1.54) is 15.9 Å². The average molecular weight is 528 g/mol. The van der Waals surface area contributed by atoms with Crippen molar-refractivity contribution in [3.63, 3.8) is 0 Å². The summed E-state index contributed by atoms with van der Waals surface area (Å²) in [6.07, 6.45) is 4.06. The highest BCUT2D eigenvalue weighted by molar-refractivity contribution is 7.20. The number of thiazole rings is 1. The fraction of sp³-hybridized carbons (Fsp3) is 0.333. The fourth-order valence-electron chi connectivity index (χ4n) is 4.81. The number of aromatic amines is 1. The van der Waals surface area contributed by atoms with Crippen molar-refractivity contribution >= 4 is 44.7 Å². The molecule has 9 nitrogen and oxygen atoms in total. The number of hydrogen-bond donors (Lipinski definition) is 1. The van der Waals surface area contributed by atoms with E-state index in [4.69, 9.17) is 16.6 Å². The molecule has 1 N–H and O–H groups in total. The Kier molecular flexibility index (Phi) is 5.31. The number of hydrogen-bond acceptors (Lipinski definition) is 6. The van der Waals surface area contributed by atoms with Crippen molar-refractivity contribution in [3.8, 4) is 0 Å². The minimum Gasteiger partial charge on any atom is -0.365 e. The van der Waals surface area contributed by atoms with Crippen LogP contribution < -0.4 is 16.1 Å².